The van der Waals surface area contributed by atoms with E-state index in [-0.39, 0.29) is 19.8 Å². The Bertz CT molecular complexity index is 1220. The number of carbonyl (C=O) groups is 4. The van der Waals surface area contributed by atoms with E-state index in [1.807, 2.05) is 21.1 Å². The molecule has 0 saturated heterocycles. The lowest BCUT2D eigenvalue weighted by Gasteiger charge is -2.27. The number of hydrogen-bond acceptors (Lipinski definition) is 10. The Hall–Kier alpha value is -3.56. The van der Waals surface area contributed by atoms with E-state index < -0.39 is 56.7 Å². The highest BCUT2D eigenvalue weighted by Crippen LogP contribution is 2.38. The maximum atomic E-state index is 12.7. The van der Waals surface area contributed by atoms with Gasteiger partial charge in [-0.15, -0.1) is 0 Å². The van der Waals surface area contributed by atoms with Crippen LogP contribution in [0.1, 0.15) is 25.0 Å². The monoisotopic (exact) mass is 614 g/mol. The van der Waals surface area contributed by atoms with Crippen LogP contribution in [-0.4, -0.2) is 105 Å². The Balaban J connectivity index is 2.75. The van der Waals surface area contributed by atoms with Gasteiger partial charge in [0.05, 0.1) is 27.7 Å². The molecule has 0 aliphatic heterocycles. The number of likely N-dealkylation sites (N-methyl/N-ethyl adjacent to an activating group) is 2. The van der Waals surface area contributed by atoms with Crippen molar-refractivity contribution in [3.63, 3.8) is 0 Å². The smallest absolute Gasteiger partial charge is 0.268 e. The van der Waals surface area contributed by atoms with Crippen molar-refractivity contribution in [2.24, 2.45) is 5.11 Å². The first-order chi connectivity index (χ1) is 19.5. The molecule has 0 radical (unpaired) electrons. The molecule has 234 valence electrons. The first-order valence-electron chi connectivity index (χ1n) is 12.8. The van der Waals surface area contributed by atoms with Crippen LogP contribution in [-0.2, 0) is 45.9 Å². The summed E-state index contributed by atoms with van der Waals surface area (Å²) in [6, 6.07) is 2.57. The van der Waals surface area contributed by atoms with Crippen molar-refractivity contribution in [1.29, 1.82) is 0 Å². The van der Waals surface area contributed by atoms with Gasteiger partial charge >= 0.3 is 0 Å². The third-order valence-electron chi connectivity index (χ3n) is 5.64. The molecule has 0 fully saturated rings. The van der Waals surface area contributed by atoms with Crippen LogP contribution in [0.3, 0.4) is 0 Å². The van der Waals surface area contributed by atoms with Crippen molar-refractivity contribution in [2.45, 2.75) is 39.1 Å². The molecule has 0 bridgehead atoms. The molecule has 17 nitrogen and oxygen atoms in total. The number of azide groups is 1. The van der Waals surface area contributed by atoms with Crippen LogP contribution >= 0.6 is 7.82 Å². The summed E-state index contributed by atoms with van der Waals surface area (Å²) in [5.74, 6) is -2.57. The number of phosphoric ester groups is 1. The van der Waals surface area contributed by atoms with E-state index in [0.717, 1.165) is 0 Å². The van der Waals surface area contributed by atoms with Crippen molar-refractivity contribution in [1.82, 2.24) is 15.5 Å². The van der Waals surface area contributed by atoms with E-state index in [1.54, 1.807) is 0 Å². The molecule has 1 aromatic carbocycles. The number of hydrogen-bond donors (Lipinski definition) is 4. The van der Waals surface area contributed by atoms with E-state index in [9.17, 15) is 33.7 Å². The summed E-state index contributed by atoms with van der Waals surface area (Å²) in [4.78, 5) is 64.7. The number of aliphatic hydroxyl groups is 1. The van der Waals surface area contributed by atoms with Gasteiger partial charge in [0.15, 0.2) is 0 Å². The van der Waals surface area contributed by atoms with Crippen LogP contribution in [0.2, 0.25) is 0 Å². The van der Waals surface area contributed by atoms with Gasteiger partial charge in [-0.25, -0.2) is 0 Å². The Labute approximate surface area is 244 Å². The van der Waals surface area contributed by atoms with Crippen molar-refractivity contribution in [3.05, 3.63) is 39.8 Å². The SMILES string of the molecule is C[C@H](NC(=O)CN=[N+]=[N-])C(=O)N[C@@H](C)C(=O)Nc1ccc(CO)c(CN(C)C(=O)COP(=O)([O-])OCC[N+](C)(C)C)c1. The zero-order valence-electron chi connectivity index (χ0n) is 24.5. The van der Waals surface area contributed by atoms with E-state index in [1.165, 1.54) is 44.0 Å². The molecule has 4 amide bonds. The summed E-state index contributed by atoms with van der Waals surface area (Å²) < 4.78 is 21.9. The molecule has 4 N–H and O–H groups in total. The second-order valence-electron chi connectivity index (χ2n) is 10.4. The Morgan fingerprint density at radius 2 is 1.76 bits per heavy atom. The Morgan fingerprint density at radius 1 is 1.12 bits per heavy atom. The third kappa shape index (κ3) is 13.9. The molecule has 0 heterocycles. The average molecular weight is 615 g/mol. The zero-order valence-corrected chi connectivity index (χ0v) is 25.4. The van der Waals surface area contributed by atoms with E-state index in [4.69, 9.17) is 14.6 Å². The number of rotatable bonds is 17. The Kier molecular flexibility index (Phi) is 14.6. The lowest BCUT2D eigenvalue weighted by Crippen LogP contribution is -2.50. The standard InChI is InChI=1S/C24H39N8O9P/c1-16(27-21(34)12-26-30-25)23(36)28-17(2)24(37)29-20-8-7-18(14-33)19(11-20)13-31(3)22(35)15-41-42(38,39)40-10-9-32(4,5)6/h7-8,11,16-17,33H,9-10,12-15H2,1-6H3,(H3-,27,28,29,34,36,37,38,39)/t16-,17-/m0/s1. The molecule has 42 heavy (non-hydrogen) atoms. The molecule has 0 aliphatic carbocycles. The minimum Gasteiger partial charge on any atom is -0.756 e. The summed E-state index contributed by atoms with van der Waals surface area (Å²) >= 11 is 0. The molecular formula is C24H39N8O9P. The predicted molar refractivity (Wildman–Crippen MR) is 149 cm³/mol. The molecule has 1 aromatic rings. The van der Waals surface area contributed by atoms with Gasteiger partial charge in [0.25, 0.3) is 7.82 Å². The van der Waals surface area contributed by atoms with Gasteiger partial charge in [-0.3, -0.25) is 23.7 Å². The first kappa shape index (κ1) is 36.5. The molecule has 3 atom stereocenters. The van der Waals surface area contributed by atoms with Crippen LogP contribution in [0, 0.1) is 0 Å². The summed E-state index contributed by atoms with van der Waals surface area (Å²) in [5, 5.41) is 20.2. The minimum absolute atomic E-state index is 0.0489. The molecule has 0 aliphatic rings. The number of anilines is 1. The quantitative estimate of drug-likeness (QED) is 0.0587. The fourth-order valence-corrected chi connectivity index (χ4v) is 3.81. The fourth-order valence-electron chi connectivity index (χ4n) is 3.16. The first-order valence-corrected chi connectivity index (χ1v) is 14.2. The van der Waals surface area contributed by atoms with Crippen molar-refractivity contribution < 1.29 is 47.3 Å². The van der Waals surface area contributed by atoms with Crippen molar-refractivity contribution in [3.8, 4) is 0 Å². The second kappa shape index (κ2) is 16.8. The number of benzene rings is 1. The van der Waals surface area contributed by atoms with Gasteiger partial charge < -0.3 is 44.4 Å². The lowest BCUT2D eigenvalue weighted by molar-refractivity contribution is -0.870. The van der Waals surface area contributed by atoms with Crippen LogP contribution < -0.4 is 20.8 Å². The van der Waals surface area contributed by atoms with Gasteiger partial charge in [0.1, 0.15) is 38.4 Å². The van der Waals surface area contributed by atoms with E-state index in [2.05, 4.69) is 26.0 Å². The Morgan fingerprint density at radius 3 is 2.36 bits per heavy atom. The average Bonchev–Trinajstić information content (AvgIpc) is 2.89. The number of aliphatic hydroxyl groups excluding tert-OH is 1. The van der Waals surface area contributed by atoms with Gasteiger partial charge in [0, 0.05) is 24.2 Å². The van der Waals surface area contributed by atoms with Crippen LogP contribution in [0.25, 0.3) is 10.4 Å². The maximum Gasteiger partial charge on any atom is 0.268 e. The highest BCUT2D eigenvalue weighted by molar-refractivity contribution is 7.45. The zero-order chi connectivity index (χ0) is 32.1. The number of quaternary nitrogens is 1. The molecule has 18 heteroatoms. The molecule has 1 rings (SSSR count). The highest BCUT2D eigenvalue weighted by atomic mass is 31.2. The summed E-state index contributed by atoms with van der Waals surface area (Å²) in [6.45, 7) is 1.44. The topological polar surface area (TPSA) is 235 Å². The number of carbonyl (C=O) groups excluding carboxylic acids is 4. The molecule has 0 saturated carbocycles. The molecule has 1 unspecified atom stereocenters. The van der Waals surface area contributed by atoms with Gasteiger partial charge in [-0.05, 0) is 42.6 Å². The predicted octanol–water partition coefficient (Wildman–Crippen LogP) is -0.397. The van der Waals surface area contributed by atoms with Crippen LogP contribution in [0.5, 0.6) is 0 Å². The minimum atomic E-state index is -4.69. The van der Waals surface area contributed by atoms with Gasteiger partial charge in [-0.1, -0.05) is 11.2 Å². The van der Waals surface area contributed by atoms with Crippen molar-refractivity contribution >= 4 is 37.1 Å². The molecular weight excluding hydrogens is 575 g/mol. The summed E-state index contributed by atoms with van der Waals surface area (Å²) in [7, 11) is 2.30. The second-order valence-corrected chi connectivity index (χ2v) is 11.8. The number of nitrogens with one attached hydrogen (secondary N) is 3. The fraction of sp³-hybridized carbons (Fsp3) is 0.583. The van der Waals surface area contributed by atoms with Crippen molar-refractivity contribution in [2.75, 3.05) is 59.8 Å². The number of amides is 4. The lowest BCUT2D eigenvalue weighted by atomic mass is 10.1. The van der Waals surface area contributed by atoms with Gasteiger partial charge in [0.2, 0.25) is 23.6 Å². The number of phosphoric acid groups is 1. The summed E-state index contributed by atoms with van der Waals surface area (Å²) in [5.41, 5.74) is 9.48. The van der Waals surface area contributed by atoms with Crippen LogP contribution in [0.4, 0.5) is 5.69 Å². The summed E-state index contributed by atoms with van der Waals surface area (Å²) in [6.07, 6.45) is 0. The largest absolute Gasteiger partial charge is 0.756 e. The number of nitrogens with zero attached hydrogens (tertiary/aromatic N) is 5. The van der Waals surface area contributed by atoms with E-state index in [0.29, 0.717) is 27.8 Å². The maximum absolute atomic E-state index is 12.7. The molecule has 0 spiro atoms. The normalized spacial score (nSPS) is 14.0. The van der Waals surface area contributed by atoms with Gasteiger partial charge in [-0.2, -0.15) is 0 Å². The van der Waals surface area contributed by atoms with E-state index >= 15 is 0 Å². The third-order valence-corrected chi connectivity index (χ3v) is 6.58. The van der Waals surface area contributed by atoms with Crippen LogP contribution in [0.15, 0.2) is 23.3 Å². The highest BCUT2D eigenvalue weighted by Gasteiger charge is 2.22. The molecule has 0 aromatic heterocycles.